The molecule has 0 unspecified atom stereocenters. The number of terminal acetylenes is 1. The number of hydrogen-bond donors (Lipinski definition) is 1. The van der Waals surface area contributed by atoms with Crippen LogP contribution in [0.5, 0.6) is 0 Å². The highest BCUT2D eigenvalue weighted by atomic mass is 35.5. The average Bonchev–Trinajstić information content (AvgIpc) is 2.30. The van der Waals surface area contributed by atoms with E-state index in [-0.39, 0.29) is 24.8 Å². The van der Waals surface area contributed by atoms with E-state index in [1.54, 1.807) is 0 Å². The second-order valence-corrected chi connectivity index (χ2v) is 3.43. The van der Waals surface area contributed by atoms with Gasteiger partial charge >= 0.3 is 0 Å². The Morgan fingerprint density at radius 2 is 1.88 bits per heavy atom. The van der Waals surface area contributed by atoms with Crippen LogP contribution < -0.4 is 10.2 Å². The van der Waals surface area contributed by atoms with Gasteiger partial charge in [-0.3, -0.25) is 0 Å². The number of rotatable bonds is 1. The van der Waals surface area contributed by atoms with Crippen molar-refractivity contribution in [3.05, 3.63) is 29.8 Å². The molecule has 1 aromatic rings. The van der Waals surface area contributed by atoms with E-state index >= 15 is 0 Å². The van der Waals surface area contributed by atoms with E-state index in [2.05, 4.69) is 28.3 Å². The van der Waals surface area contributed by atoms with Crippen molar-refractivity contribution < 1.29 is 0 Å². The van der Waals surface area contributed by atoms with Crippen LogP contribution in [0.25, 0.3) is 0 Å². The van der Waals surface area contributed by atoms with Crippen molar-refractivity contribution in [3.63, 3.8) is 0 Å². The number of hydrogen-bond acceptors (Lipinski definition) is 2. The first-order chi connectivity index (χ1) is 6.90. The van der Waals surface area contributed by atoms with Crippen LogP contribution in [0.2, 0.25) is 0 Å². The van der Waals surface area contributed by atoms with E-state index in [1.165, 1.54) is 5.69 Å². The lowest BCUT2D eigenvalue weighted by molar-refractivity contribution is 0.589. The average molecular weight is 259 g/mol. The van der Waals surface area contributed by atoms with Gasteiger partial charge in [-0.2, -0.15) is 0 Å². The van der Waals surface area contributed by atoms with E-state index in [0.29, 0.717) is 0 Å². The maximum Gasteiger partial charge on any atom is 0.0379 e. The molecule has 1 N–H and O–H groups in total. The van der Waals surface area contributed by atoms with E-state index in [9.17, 15) is 0 Å². The SMILES string of the molecule is C#Cc1cccc(N2CCNCC2)c1.Cl.Cl. The van der Waals surface area contributed by atoms with E-state index in [4.69, 9.17) is 6.42 Å². The second kappa shape index (κ2) is 7.40. The largest absolute Gasteiger partial charge is 0.369 e. The van der Waals surface area contributed by atoms with Gasteiger partial charge in [0.1, 0.15) is 0 Å². The van der Waals surface area contributed by atoms with Crippen LogP contribution in [-0.2, 0) is 0 Å². The smallest absolute Gasteiger partial charge is 0.0379 e. The number of benzene rings is 1. The minimum Gasteiger partial charge on any atom is -0.369 e. The van der Waals surface area contributed by atoms with Crippen molar-refractivity contribution in [1.29, 1.82) is 0 Å². The molecule has 1 aromatic carbocycles. The fourth-order valence-corrected chi connectivity index (χ4v) is 1.72. The normalized spacial score (nSPS) is 14.3. The lowest BCUT2D eigenvalue weighted by Gasteiger charge is -2.29. The van der Waals surface area contributed by atoms with E-state index in [1.807, 2.05) is 12.1 Å². The zero-order valence-electron chi connectivity index (χ0n) is 8.98. The minimum absolute atomic E-state index is 0. The molecule has 0 saturated carbocycles. The summed E-state index contributed by atoms with van der Waals surface area (Å²) in [4.78, 5) is 2.36. The Bertz CT molecular complexity index is 354. The van der Waals surface area contributed by atoms with Crippen molar-refractivity contribution in [2.75, 3.05) is 31.1 Å². The van der Waals surface area contributed by atoms with Crippen molar-refractivity contribution in [3.8, 4) is 12.3 Å². The lowest BCUT2D eigenvalue weighted by Crippen LogP contribution is -2.43. The van der Waals surface area contributed by atoms with Crippen LogP contribution in [0.1, 0.15) is 5.56 Å². The molecule has 0 aliphatic carbocycles. The predicted octanol–water partition coefficient (Wildman–Crippen LogP) is 1.92. The summed E-state index contributed by atoms with van der Waals surface area (Å²) in [5.74, 6) is 2.66. The molecule has 2 nitrogen and oxygen atoms in total. The molecule has 0 spiro atoms. The summed E-state index contributed by atoms with van der Waals surface area (Å²) in [6.07, 6.45) is 5.37. The standard InChI is InChI=1S/C12H14N2.2ClH/c1-2-11-4-3-5-12(10-11)14-8-6-13-7-9-14;;/h1,3-5,10,13H,6-9H2;2*1H. The first-order valence-corrected chi connectivity index (χ1v) is 4.92. The predicted molar refractivity (Wildman–Crippen MR) is 74.0 cm³/mol. The highest BCUT2D eigenvalue weighted by Gasteiger charge is 2.09. The molecule has 88 valence electrons. The highest BCUT2D eigenvalue weighted by molar-refractivity contribution is 5.85. The van der Waals surface area contributed by atoms with Crippen LogP contribution in [0, 0.1) is 12.3 Å². The van der Waals surface area contributed by atoms with Gasteiger partial charge in [0.2, 0.25) is 0 Å². The number of piperazine rings is 1. The summed E-state index contributed by atoms with van der Waals surface area (Å²) >= 11 is 0. The summed E-state index contributed by atoms with van der Waals surface area (Å²) < 4.78 is 0. The van der Waals surface area contributed by atoms with Crippen molar-refractivity contribution in [2.45, 2.75) is 0 Å². The molecule has 0 bridgehead atoms. The van der Waals surface area contributed by atoms with Crippen LogP contribution in [0.4, 0.5) is 5.69 Å². The van der Waals surface area contributed by atoms with Crippen molar-refractivity contribution in [2.24, 2.45) is 0 Å². The minimum atomic E-state index is 0. The Morgan fingerprint density at radius 3 is 2.50 bits per heavy atom. The fourth-order valence-electron chi connectivity index (χ4n) is 1.72. The number of halogens is 2. The zero-order chi connectivity index (χ0) is 9.80. The topological polar surface area (TPSA) is 15.3 Å². The molecule has 1 fully saturated rings. The van der Waals surface area contributed by atoms with E-state index < -0.39 is 0 Å². The first-order valence-electron chi connectivity index (χ1n) is 4.92. The third-order valence-corrected chi connectivity index (χ3v) is 2.49. The monoisotopic (exact) mass is 258 g/mol. The Kier molecular flexibility index (Phi) is 7.00. The molecule has 0 radical (unpaired) electrons. The van der Waals surface area contributed by atoms with Crippen molar-refractivity contribution >= 4 is 30.5 Å². The molecular formula is C12H16Cl2N2. The molecule has 0 amide bonds. The zero-order valence-corrected chi connectivity index (χ0v) is 10.6. The number of nitrogens with zero attached hydrogens (tertiary/aromatic N) is 1. The van der Waals surface area contributed by atoms with Crippen LogP contribution in [-0.4, -0.2) is 26.2 Å². The van der Waals surface area contributed by atoms with Gasteiger partial charge in [-0.15, -0.1) is 31.2 Å². The maximum absolute atomic E-state index is 5.37. The summed E-state index contributed by atoms with van der Waals surface area (Å²) in [6.45, 7) is 4.24. The first kappa shape index (κ1) is 15.1. The second-order valence-electron chi connectivity index (χ2n) is 3.43. The van der Waals surface area contributed by atoms with Gasteiger partial charge in [0, 0.05) is 37.4 Å². The summed E-state index contributed by atoms with van der Waals surface area (Å²) in [5.41, 5.74) is 2.20. The van der Waals surface area contributed by atoms with Crippen LogP contribution >= 0.6 is 24.8 Å². The van der Waals surface area contributed by atoms with Gasteiger partial charge in [0.15, 0.2) is 0 Å². The quantitative estimate of drug-likeness (QED) is 0.775. The van der Waals surface area contributed by atoms with Gasteiger partial charge in [-0.05, 0) is 18.2 Å². The van der Waals surface area contributed by atoms with Crippen molar-refractivity contribution in [1.82, 2.24) is 5.32 Å². The van der Waals surface area contributed by atoms with Gasteiger partial charge in [0.25, 0.3) is 0 Å². The Labute approximate surface area is 109 Å². The lowest BCUT2D eigenvalue weighted by atomic mass is 10.2. The fraction of sp³-hybridized carbons (Fsp3) is 0.333. The Hall–Kier alpha value is -0.880. The van der Waals surface area contributed by atoms with Gasteiger partial charge in [0.05, 0.1) is 0 Å². The Morgan fingerprint density at radius 1 is 1.19 bits per heavy atom. The van der Waals surface area contributed by atoms with E-state index in [0.717, 1.165) is 31.7 Å². The maximum atomic E-state index is 5.37. The van der Waals surface area contributed by atoms with Gasteiger partial charge < -0.3 is 10.2 Å². The molecule has 0 aromatic heterocycles. The molecule has 1 aliphatic rings. The number of anilines is 1. The third kappa shape index (κ3) is 3.61. The Balaban J connectivity index is 0.00000112. The third-order valence-electron chi connectivity index (χ3n) is 2.49. The molecular weight excluding hydrogens is 243 g/mol. The van der Waals surface area contributed by atoms with Crippen LogP contribution in [0.15, 0.2) is 24.3 Å². The number of nitrogens with one attached hydrogen (secondary N) is 1. The summed E-state index contributed by atoms with van der Waals surface area (Å²) in [5, 5.41) is 3.33. The molecule has 4 heteroatoms. The molecule has 16 heavy (non-hydrogen) atoms. The van der Waals surface area contributed by atoms with Gasteiger partial charge in [-0.25, -0.2) is 0 Å². The van der Waals surface area contributed by atoms with Crippen LogP contribution in [0.3, 0.4) is 0 Å². The molecule has 1 saturated heterocycles. The molecule has 2 rings (SSSR count). The molecule has 0 atom stereocenters. The molecule has 1 heterocycles. The summed E-state index contributed by atoms with van der Waals surface area (Å²) in [6, 6.07) is 8.18. The van der Waals surface area contributed by atoms with Gasteiger partial charge in [-0.1, -0.05) is 12.0 Å². The highest BCUT2D eigenvalue weighted by Crippen LogP contribution is 2.15. The summed E-state index contributed by atoms with van der Waals surface area (Å²) in [7, 11) is 0. The molecule has 1 aliphatic heterocycles.